The lowest BCUT2D eigenvalue weighted by Crippen LogP contribution is -2.18. The summed E-state index contributed by atoms with van der Waals surface area (Å²) in [5.41, 5.74) is 8.36. The van der Waals surface area contributed by atoms with Gasteiger partial charge in [0, 0.05) is 5.39 Å². The molecule has 0 aliphatic heterocycles. The Hall–Kier alpha value is -4.78. The lowest BCUT2D eigenvalue weighted by Gasteiger charge is -2.19. The van der Waals surface area contributed by atoms with Gasteiger partial charge in [0.15, 0.2) is 0 Å². The maximum absolute atomic E-state index is 12.8. The first-order valence-corrected chi connectivity index (χ1v) is 12.1. The van der Waals surface area contributed by atoms with Gasteiger partial charge in [-0.2, -0.15) is 0 Å². The Morgan fingerprint density at radius 1 is 0.865 bits per heavy atom. The quantitative estimate of drug-likeness (QED) is 0.116. The third-order valence-corrected chi connectivity index (χ3v) is 5.87. The molecule has 7 nitrogen and oxygen atoms in total. The number of nitrogen functional groups attached to an aromatic ring is 1. The fraction of sp³-hybridized carbons (Fsp3) is 0.133. The molecule has 0 aliphatic carbocycles. The van der Waals surface area contributed by atoms with E-state index in [1.54, 1.807) is 54.6 Å². The van der Waals surface area contributed by atoms with Crippen LogP contribution in [0.15, 0.2) is 103 Å². The van der Waals surface area contributed by atoms with Crippen LogP contribution in [0, 0.1) is 0 Å². The SMILES string of the molecule is Nc1ccccc1NC(=O)/C=C/CCC[C@@H](OC(=O)Nc1cccc2ccccc12)c1ccc(O)cc1. The number of nitrogens with two attached hydrogens (primary N) is 1. The van der Waals surface area contributed by atoms with E-state index in [1.807, 2.05) is 42.5 Å². The molecule has 0 unspecified atom stereocenters. The van der Waals surface area contributed by atoms with Crippen molar-refractivity contribution in [2.24, 2.45) is 0 Å². The van der Waals surface area contributed by atoms with Crippen molar-refractivity contribution in [3.63, 3.8) is 0 Å². The Balaban J connectivity index is 1.35. The molecule has 1 atom stereocenters. The zero-order valence-corrected chi connectivity index (χ0v) is 20.3. The Bertz CT molecular complexity index is 1390. The first-order valence-electron chi connectivity index (χ1n) is 12.1. The number of unbranched alkanes of at least 4 members (excludes halogenated alkanes) is 1. The Morgan fingerprint density at radius 2 is 1.57 bits per heavy atom. The molecule has 37 heavy (non-hydrogen) atoms. The Morgan fingerprint density at radius 3 is 2.38 bits per heavy atom. The lowest BCUT2D eigenvalue weighted by atomic mass is 10.0. The summed E-state index contributed by atoms with van der Waals surface area (Å²) in [4.78, 5) is 25.0. The highest BCUT2D eigenvalue weighted by atomic mass is 16.6. The molecule has 4 aromatic rings. The summed E-state index contributed by atoms with van der Waals surface area (Å²) in [6, 6.07) is 27.1. The number of phenolic OH excluding ortho intramolecular Hbond substituents is 1. The van der Waals surface area contributed by atoms with Gasteiger partial charge in [0.2, 0.25) is 5.91 Å². The van der Waals surface area contributed by atoms with Gasteiger partial charge < -0.3 is 20.9 Å². The van der Waals surface area contributed by atoms with E-state index < -0.39 is 12.2 Å². The van der Waals surface area contributed by atoms with E-state index in [4.69, 9.17) is 10.5 Å². The van der Waals surface area contributed by atoms with Crippen LogP contribution in [0.2, 0.25) is 0 Å². The molecule has 0 bridgehead atoms. The second-order valence-corrected chi connectivity index (χ2v) is 8.55. The summed E-state index contributed by atoms with van der Waals surface area (Å²) in [6.45, 7) is 0. The van der Waals surface area contributed by atoms with Crippen LogP contribution in [-0.4, -0.2) is 17.1 Å². The van der Waals surface area contributed by atoms with Gasteiger partial charge in [-0.05, 0) is 66.6 Å². The van der Waals surface area contributed by atoms with Gasteiger partial charge in [0.25, 0.3) is 0 Å². The van der Waals surface area contributed by atoms with Crippen LogP contribution < -0.4 is 16.4 Å². The van der Waals surface area contributed by atoms with E-state index in [1.165, 1.54) is 6.08 Å². The Kier molecular flexibility index (Phi) is 8.39. The van der Waals surface area contributed by atoms with Gasteiger partial charge in [0.1, 0.15) is 11.9 Å². The number of benzene rings is 4. The number of nitrogens with one attached hydrogen (secondary N) is 2. The first-order chi connectivity index (χ1) is 18.0. The highest BCUT2D eigenvalue weighted by Gasteiger charge is 2.17. The minimum Gasteiger partial charge on any atom is -0.508 e. The number of hydrogen-bond donors (Lipinski definition) is 4. The van der Waals surface area contributed by atoms with Crippen molar-refractivity contribution >= 4 is 39.8 Å². The zero-order valence-electron chi connectivity index (χ0n) is 20.3. The van der Waals surface area contributed by atoms with Gasteiger partial charge >= 0.3 is 6.09 Å². The average molecular weight is 496 g/mol. The number of carbonyl (C=O) groups excluding carboxylic acids is 2. The summed E-state index contributed by atoms with van der Waals surface area (Å²) in [5.74, 6) is -0.130. The maximum atomic E-state index is 12.8. The first kappa shape index (κ1) is 25.3. The molecule has 0 saturated carbocycles. The Labute approximate surface area is 215 Å². The van der Waals surface area contributed by atoms with Crippen LogP contribution in [0.1, 0.15) is 30.9 Å². The molecule has 0 heterocycles. The second kappa shape index (κ2) is 12.3. The molecule has 7 heteroatoms. The number of rotatable bonds is 9. The highest BCUT2D eigenvalue weighted by molar-refractivity contribution is 6.01. The number of ether oxygens (including phenoxy) is 1. The van der Waals surface area contributed by atoms with Gasteiger partial charge in [-0.1, -0.05) is 66.7 Å². The highest BCUT2D eigenvalue weighted by Crippen LogP contribution is 2.28. The number of para-hydroxylation sites is 2. The summed E-state index contributed by atoms with van der Waals surface area (Å²) >= 11 is 0. The average Bonchev–Trinajstić information content (AvgIpc) is 2.90. The zero-order chi connectivity index (χ0) is 26.0. The van der Waals surface area contributed by atoms with Crippen molar-refractivity contribution in [2.45, 2.75) is 25.4 Å². The second-order valence-electron chi connectivity index (χ2n) is 8.55. The number of carbonyl (C=O) groups is 2. The lowest BCUT2D eigenvalue weighted by molar-refractivity contribution is -0.111. The number of hydrogen-bond acceptors (Lipinski definition) is 5. The summed E-state index contributed by atoms with van der Waals surface area (Å²) in [7, 11) is 0. The summed E-state index contributed by atoms with van der Waals surface area (Å²) < 4.78 is 5.80. The molecular formula is C30H29N3O4. The van der Waals surface area contributed by atoms with Crippen LogP contribution in [0.5, 0.6) is 5.75 Å². The van der Waals surface area contributed by atoms with Crippen LogP contribution in [-0.2, 0) is 9.53 Å². The van der Waals surface area contributed by atoms with Gasteiger partial charge in [-0.3, -0.25) is 10.1 Å². The van der Waals surface area contributed by atoms with Crippen molar-refractivity contribution < 1.29 is 19.4 Å². The van der Waals surface area contributed by atoms with Crippen molar-refractivity contribution in [3.8, 4) is 5.75 Å². The molecule has 0 radical (unpaired) electrons. The van der Waals surface area contributed by atoms with Crippen molar-refractivity contribution in [3.05, 3.63) is 109 Å². The van der Waals surface area contributed by atoms with Crippen LogP contribution in [0.4, 0.5) is 21.9 Å². The predicted octanol–water partition coefficient (Wildman–Crippen LogP) is 6.78. The summed E-state index contributed by atoms with van der Waals surface area (Å²) in [5, 5.41) is 17.2. The molecule has 0 saturated heterocycles. The fourth-order valence-corrected chi connectivity index (χ4v) is 3.98. The number of amides is 2. The molecule has 188 valence electrons. The maximum Gasteiger partial charge on any atom is 0.412 e. The van der Waals surface area contributed by atoms with Crippen molar-refractivity contribution in [2.75, 3.05) is 16.4 Å². The van der Waals surface area contributed by atoms with Crippen molar-refractivity contribution in [1.29, 1.82) is 0 Å². The molecule has 0 fully saturated rings. The number of allylic oxidation sites excluding steroid dienone is 1. The number of phenols is 1. The van der Waals surface area contributed by atoms with Gasteiger partial charge in [0.05, 0.1) is 17.1 Å². The number of aromatic hydroxyl groups is 1. The topological polar surface area (TPSA) is 114 Å². The van der Waals surface area contributed by atoms with Crippen LogP contribution >= 0.6 is 0 Å². The third-order valence-electron chi connectivity index (χ3n) is 5.87. The molecule has 0 spiro atoms. The third kappa shape index (κ3) is 7.11. The van der Waals surface area contributed by atoms with E-state index in [0.29, 0.717) is 36.3 Å². The molecule has 0 aromatic heterocycles. The van der Waals surface area contributed by atoms with E-state index in [0.717, 1.165) is 16.3 Å². The monoisotopic (exact) mass is 495 g/mol. The van der Waals surface area contributed by atoms with E-state index >= 15 is 0 Å². The van der Waals surface area contributed by atoms with Gasteiger partial charge in [-0.15, -0.1) is 0 Å². The van der Waals surface area contributed by atoms with E-state index in [-0.39, 0.29) is 11.7 Å². The van der Waals surface area contributed by atoms with Crippen LogP contribution in [0.3, 0.4) is 0 Å². The minimum absolute atomic E-state index is 0.135. The standard InChI is InChI=1S/C30H29N3O4/c31-25-12-6-7-13-27(25)32-29(35)16-3-1-2-15-28(22-17-19-23(34)20-18-22)37-30(36)33-26-14-8-10-21-9-4-5-11-24(21)26/h3-14,16-20,28,34H,1-2,15,31H2,(H,32,35)(H,33,36)/b16-3+/t28-/m1/s1. The fourth-order valence-electron chi connectivity index (χ4n) is 3.98. The molecule has 5 N–H and O–H groups in total. The van der Waals surface area contributed by atoms with Crippen LogP contribution in [0.25, 0.3) is 10.8 Å². The van der Waals surface area contributed by atoms with E-state index in [2.05, 4.69) is 10.6 Å². The summed E-state index contributed by atoms with van der Waals surface area (Å²) in [6.07, 6.45) is 3.97. The minimum atomic E-state index is -0.565. The molecule has 4 rings (SSSR count). The normalized spacial score (nSPS) is 11.8. The predicted molar refractivity (Wildman–Crippen MR) is 147 cm³/mol. The largest absolute Gasteiger partial charge is 0.508 e. The van der Waals surface area contributed by atoms with E-state index in [9.17, 15) is 14.7 Å². The molecular weight excluding hydrogens is 466 g/mol. The molecule has 0 aliphatic rings. The number of anilines is 3. The van der Waals surface area contributed by atoms with Crippen molar-refractivity contribution in [1.82, 2.24) is 0 Å². The molecule has 4 aromatic carbocycles. The molecule has 2 amide bonds. The smallest absolute Gasteiger partial charge is 0.412 e. The van der Waals surface area contributed by atoms with Gasteiger partial charge in [-0.25, -0.2) is 4.79 Å². The number of fused-ring (bicyclic) bond motifs is 1.